The van der Waals surface area contributed by atoms with Crippen LogP contribution in [0.15, 0.2) is 29.3 Å². The van der Waals surface area contributed by atoms with Crippen molar-refractivity contribution in [3.05, 3.63) is 34.9 Å². The zero-order valence-corrected chi connectivity index (χ0v) is 9.64. The average Bonchev–Trinajstić information content (AvgIpc) is 2.31. The molecule has 0 atom stereocenters. The number of ether oxygens (including phenoxy) is 1. The van der Waals surface area contributed by atoms with Crippen LogP contribution in [0.25, 0.3) is 10.9 Å². The highest BCUT2D eigenvalue weighted by atomic mass is 16.5. The third-order valence-electron chi connectivity index (χ3n) is 2.43. The molecule has 0 aliphatic carbocycles. The van der Waals surface area contributed by atoms with Gasteiger partial charge in [0.1, 0.15) is 16.9 Å². The van der Waals surface area contributed by atoms with Gasteiger partial charge < -0.3 is 4.74 Å². The maximum absolute atomic E-state index is 12.1. The molecule has 0 aliphatic rings. The van der Waals surface area contributed by atoms with E-state index in [-0.39, 0.29) is 17.9 Å². The Morgan fingerprint density at radius 3 is 2.88 bits per heavy atom. The van der Waals surface area contributed by atoms with Gasteiger partial charge in [-0.15, -0.1) is 0 Å². The Balaban J connectivity index is 2.73. The summed E-state index contributed by atoms with van der Waals surface area (Å²) in [5.74, 6) is 0.376. The van der Waals surface area contributed by atoms with Crippen LogP contribution < -0.4 is 10.3 Å². The van der Waals surface area contributed by atoms with Crippen LogP contribution >= 0.6 is 0 Å². The maximum Gasteiger partial charge on any atom is 0.265 e. The Bertz CT molecular complexity index is 631. The van der Waals surface area contributed by atoms with Gasteiger partial charge in [0.2, 0.25) is 0 Å². The molecule has 0 amide bonds. The van der Waals surface area contributed by atoms with Crippen molar-refractivity contribution in [1.29, 1.82) is 0 Å². The molecule has 0 unspecified atom stereocenters. The van der Waals surface area contributed by atoms with Crippen molar-refractivity contribution >= 4 is 16.7 Å². The first-order valence-electron chi connectivity index (χ1n) is 5.15. The molecule has 5 nitrogen and oxygen atoms in total. The number of methoxy groups -OCH3 is 1. The lowest BCUT2D eigenvalue weighted by Crippen LogP contribution is -2.23. The Labute approximate surface area is 97.7 Å². The number of carbonyl (C=O) groups excluding carboxylic acids is 1. The minimum atomic E-state index is -0.261. The highest BCUT2D eigenvalue weighted by Gasteiger charge is 2.09. The standard InChI is InChI=1S/C12H12N2O3/c1-8(15)6-14-7-13-9-4-3-5-10(17-2)11(9)12(14)16/h3-5,7H,6H2,1-2H3. The van der Waals surface area contributed by atoms with Crippen LogP contribution in [-0.4, -0.2) is 22.4 Å². The fourth-order valence-electron chi connectivity index (χ4n) is 1.69. The van der Waals surface area contributed by atoms with Crippen molar-refractivity contribution in [2.75, 3.05) is 7.11 Å². The summed E-state index contributed by atoms with van der Waals surface area (Å²) in [4.78, 5) is 27.3. The number of benzene rings is 1. The number of hydrogen-bond acceptors (Lipinski definition) is 4. The normalized spacial score (nSPS) is 10.5. The summed E-state index contributed by atoms with van der Waals surface area (Å²) in [6, 6.07) is 5.20. The van der Waals surface area contributed by atoms with E-state index in [0.717, 1.165) is 0 Å². The van der Waals surface area contributed by atoms with E-state index in [0.29, 0.717) is 16.7 Å². The summed E-state index contributed by atoms with van der Waals surface area (Å²) in [6.45, 7) is 1.46. The lowest BCUT2D eigenvalue weighted by Gasteiger charge is -2.07. The quantitative estimate of drug-likeness (QED) is 0.791. The van der Waals surface area contributed by atoms with Gasteiger partial charge >= 0.3 is 0 Å². The number of fused-ring (bicyclic) bond motifs is 1. The molecule has 1 aromatic heterocycles. The highest BCUT2D eigenvalue weighted by Crippen LogP contribution is 2.19. The van der Waals surface area contributed by atoms with Crippen molar-refractivity contribution in [2.45, 2.75) is 13.5 Å². The predicted octanol–water partition coefficient (Wildman–Crippen LogP) is 0.994. The van der Waals surface area contributed by atoms with Gasteiger partial charge in [0.25, 0.3) is 5.56 Å². The maximum atomic E-state index is 12.1. The van der Waals surface area contributed by atoms with E-state index in [9.17, 15) is 9.59 Å². The molecule has 0 N–H and O–H groups in total. The third kappa shape index (κ3) is 2.04. The zero-order valence-electron chi connectivity index (χ0n) is 9.64. The zero-order chi connectivity index (χ0) is 12.4. The van der Waals surface area contributed by atoms with E-state index >= 15 is 0 Å². The first-order chi connectivity index (χ1) is 8.13. The van der Waals surface area contributed by atoms with Gasteiger partial charge in [0.05, 0.1) is 25.5 Å². The van der Waals surface area contributed by atoms with E-state index in [1.165, 1.54) is 24.9 Å². The Morgan fingerprint density at radius 2 is 2.24 bits per heavy atom. The lowest BCUT2D eigenvalue weighted by atomic mass is 10.2. The van der Waals surface area contributed by atoms with E-state index in [4.69, 9.17) is 4.74 Å². The molecule has 17 heavy (non-hydrogen) atoms. The number of hydrogen-bond donors (Lipinski definition) is 0. The fraction of sp³-hybridized carbons (Fsp3) is 0.250. The number of ketones is 1. The smallest absolute Gasteiger partial charge is 0.265 e. The van der Waals surface area contributed by atoms with E-state index in [1.807, 2.05) is 0 Å². The average molecular weight is 232 g/mol. The summed E-state index contributed by atoms with van der Waals surface area (Å²) in [6.07, 6.45) is 1.38. The molecule has 5 heteroatoms. The van der Waals surface area contributed by atoms with Crippen molar-refractivity contribution in [3.63, 3.8) is 0 Å². The molecule has 0 spiro atoms. The van der Waals surface area contributed by atoms with Crippen LogP contribution in [0.3, 0.4) is 0 Å². The van der Waals surface area contributed by atoms with Crippen LogP contribution in [0.4, 0.5) is 0 Å². The van der Waals surface area contributed by atoms with E-state index < -0.39 is 0 Å². The Morgan fingerprint density at radius 1 is 1.47 bits per heavy atom. The second-order valence-electron chi connectivity index (χ2n) is 3.73. The number of rotatable bonds is 3. The van der Waals surface area contributed by atoms with Crippen LogP contribution in [0.2, 0.25) is 0 Å². The van der Waals surface area contributed by atoms with Gasteiger partial charge in [-0.3, -0.25) is 14.2 Å². The fourth-order valence-corrected chi connectivity index (χ4v) is 1.69. The molecule has 2 rings (SSSR count). The summed E-state index contributed by atoms with van der Waals surface area (Å²) >= 11 is 0. The molecule has 1 aromatic carbocycles. The number of carbonyl (C=O) groups is 1. The molecule has 88 valence electrons. The van der Waals surface area contributed by atoms with Crippen molar-refractivity contribution in [3.8, 4) is 5.75 Å². The van der Waals surface area contributed by atoms with Crippen molar-refractivity contribution in [1.82, 2.24) is 9.55 Å². The predicted molar refractivity (Wildman–Crippen MR) is 63.2 cm³/mol. The van der Waals surface area contributed by atoms with Gasteiger partial charge in [-0.2, -0.15) is 0 Å². The minimum absolute atomic E-state index is 0.0276. The monoisotopic (exact) mass is 232 g/mol. The van der Waals surface area contributed by atoms with Gasteiger partial charge in [0, 0.05) is 0 Å². The Kier molecular flexibility index (Phi) is 2.91. The SMILES string of the molecule is COc1cccc2ncn(CC(C)=O)c(=O)c12. The molecule has 0 bridgehead atoms. The van der Waals surface area contributed by atoms with Crippen LogP contribution in [-0.2, 0) is 11.3 Å². The minimum Gasteiger partial charge on any atom is -0.496 e. The largest absolute Gasteiger partial charge is 0.496 e. The van der Waals surface area contributed by atoms with E-state index in [1.54, 1.807) is 18.2 Å². The molecule has 0 saturated carbocycles. The molecule has 0 radical (unpaired) electrons. The molecule has 0 saturated heterocycles. The summed E-state index contributed by atoms with van der Waals surface area (Å²) < 4.78 is 6.41. The molecular formula is C12H12N2O3. The van der Waals surface area contributed by atoms with Gasteiger partial charge in [-0.25, -0.2) is 4.98 Å². The second-order valence-corrected chi connectivity index (χ2v) is 3.73. The van der Waals surface area contributed by atoms with E-state index in [2.05, 4.69) is 4.98 Å². The molecule has 0 aliphatic heterocycles. The highest BCUT2D eigenvalue weighted by molar-refractivity contribution is 5.84. The topological polar surface area (TPSA) is 61.2 Å². The number of nitrogens with zero attached hydrogens (tertiary/aromatic N) is 2. The summed E-state index contributed by atoms with van der Waals surface area (Å²) in [5.41, 5.74) is 0.303. The van der Waals surface area contributed by atoms with Crippen molar-refractivity contribution in [2.24, 2.45) is 0 Å². The second kappa shape index (κ2) is 4.37. The van der Waals surface area contributed by atoms with Gasteiger partial charge in [-0.05, 0) is 19.1 Å². The number of aromatic nitrogens is 2. The van der Waals surface area contributed by atoms with Crippen LogP contribution in [0.1, 0.15) is 6.92 Å². The van der Waals surface area contributed by atoms with Gasteiger partial charge in [-0.1, -0.05) is 6.07 Å². The van der Waals surface area contributed by atoms with Crippen LogP contribution in [0, 0.1) is 0 Å². The first-order valence-corrected chi connectivity index (χ1v) is 5.15. The molecule has 1 heterocycles. The molecule has 0 fully saturated rings. The van der Waals surface area contributed by atoms with Crippen LogP contribution in [0.5, 0.6) is 5.75 Å². The molecule has 2 aromatic rings. The Hall–Kier alpha value is -2.17. The third-order valence-corrected chi connectivity index (χ3v) is 2.43. The summed E-state index contributed by atoms with van der Waals surface area (Å²) in [7, 11) is 1.50. The first kappa shape index (κ1) is 11.3. The molecular weight excluding hydrogens is 220 g/mol. The number of Topliss-reactive ketones (excluding diaryl/α,β-unsaturated/α-hetero) is 1. The van der Waals surface area contributed by atoms with Crippen molar-refractivity contribution < 1.29 is 9.53 Å². The summed E-state index contributed by atoms with van der Waals surface area (Å²) in [5, 5.41) is 0.402. The lowest BCUT2D eigenvalue weighted by molar-refractivity contribution is -0.117. The van der Waals surface area contributed by atoms with Gasteiger partial charge in [0.15, 0.2) is 0 Å².